The predicted molar refractivity (Wildman–Crippen MR) is 48.7 cm³/mol. The van der Waals surface area contributed by atoms with Crippen molar-refractivity contribution in [2.75, 3.05) is 13.6 Å². The Morgan fingerprint density at radius 1 is 1.54 bits per heavy atom. The average molecular weight is 178 g/mol. The number of likely N-dealkylation sites (N-methyl/N-ethyl adjacent to an activating group) is 1. The Balaban J connectivity index is 2.82. The Bertz CT molecular complexity index is 328. The molecule has 0 aromatic heterocycles. The lowest BCUT2D eigenvalue weighted by atomic mass is 10.1. The number of hydrogen-bond donors (Lipinski definition) is 1. The van der Waals surface area contributed by atoms with Crippen LogP contribution in [-0.2, 0) is 6.42 Å². The van der Waals surface area contributed by atoms with Crippen molar-refractivity contribution in [3.8, 4) is 6.07 Å². The van der Waals surface area contributed by atoms with E-state index in [0.29, 0.717) is 0 Å². The van der Waals surface area contributed by atoms with Crippen LogP contribution >= 0.6 is 0 Å². The summed E-state index contributed by atoms with van der Waals surface area (Å²) in [5.74, 6) is -0.448. The third-order valence-corrected chi connectivity index (χ3v) is 1.81. The number of nitrogens with zero attached hydrogens (tertiary/aromatic N) is 1. The molecule has 0 aliphatic heterocycles. The summed E-state index contributed by atoms with van der Waals surface area (Å²) in [6.07, 6.45) is 0.811. The summed E-state index contributed by atoms with van der Waals surface area (Å²) in [7, 11) is 1.86. The van der Waals surface area contributed by atoms with E-state index in [2.05, 4.69) is 5.32 Å². The number of rotatable bonds is 3. The molecule has 0 unspecified atom stereocenters. The topological polar surface area (TPSA) is 35.8 Å². The van der Waals surface area contributed by atoms with Gasteiger partial charge in [0.05, 0.1) is 5.56 Å². The van der Waals surface area contributed by atoms with Crippen molar-refractivity contribution in [2.45, 2.75) is 6.42 Å². The molecule has 0 aliphatic rings. The highest BCUT2D eigenvalue weighted by molar-refractivity contribution is 5.34. The monoisotopic (exact) mass is 178 g/mol. The molecule has 0 spiro atoms. The van der Waals surface area contributed by atoms with Gasteiger partial charge < -0.3 is 5.32 Å². The van der Waals surface area contributed by atoms with Crippen LogP contribution in [0, 0.1) is 17.1 Å². The Kier molecular flexibility index (Phi) is 3.41. The standard InChI is InChI=1S/C10H11FN2/c1-13-5-4-8-2-3-10(11)9(6-8)7-12/h2-3,6,13H,4-5H2,1H3. The minimum absolute atomic E-state index is 0.119. The van der Waals surface area contributed by atoms with Gasteiger partial charge in [-0.25, -0.2) is 4.39 Å². The number of halogens is 1. The fraction of sp³-hybridized carbons (Fsp3) is 0.300. The summed E-state index contributed by atoms with van der Waals surface area (Å²) in [5.41, 5.74) is 1.10. The summed E-state index contributed by atoms with van der Waals surface area (Å²) in [6, 6.07) is 6.45. The van der Waals surface area contributed by atoms with Gasteiger partial charge in [-0.1, -0.05) is 6.07 Å². The van der Waals surface area contributed by atoms with E-state index in [4.69, 9.17) is 5.26 Å². The summed E-state index contributed by atoms with van der Waals surface area (Å²) in [5, 5.41) is 11.6. The fourth-order valence-corrected chi connectivity index (χ4v) is 1.08. The van der Waals surface area contributed by atoms with Gasteiger partial charge in [0.25, 0.3) is 0 Å². The molecule has 0 atom stereocenters. The van der Waals surface area contributed by atoms with E-state index in [-0.39, 0.29) is 5.56 Å². The molecule has 0 saturated carbocycles. The van der Waals surface area contributed by atoms with Crippen molar-refractivity contribution >= 4 is 0 Å². The minimum Gasteiger partial charge on any atom is -0.319 e. The van der Waals surface area contributed by atoms with E-state index in [0.717, 1.165) is 18.5 Å². The van der Waals surface area contributed by atoms with E-state index in [1.807, 2.05) is 13.1 Å². The zero-order chi connectivity index (χ0) is 9.68. The molecule has 1 aromatic carbocycles. The molecule has 0 bridgehead atoms. The third-order valence-electron chi connectivity index (χ3n) is 1.81. The average Bonchev–Trinajstić information content (AvgIpc) is 2.16. The van der Waals surface area contributed by atoms with Crippen molar-refractivity contribution < 1.29 is 4.39 Å². The maximum absolute atomic E-state index is 12.9. The van der Waals surface area contributed by atoms with Crippen LogP contribution in [0.3, 0.4) is 0 Å². The first-order valence-electron chi connectivity index (χ1n) is 4.11. The number of nitriles is 1. The van der Waals surface area contributed by atoms with Gasteiger partial charge in [-0.3, -0.25) is 0 Å². The number of hydrogen-bond acceptors (Lipinski definition) is 2. The van der Waals surface area contributed by atoms with E-state index in [1.54, 1.807) is 12.1 Å². The van der Waals surface area contributed by atoms with Crippen LogP contribution in [-0.4, -0.2) is 13.6 Å². The van der Waals surface area contributed by atoms with Crippen LogP contribution < -0.4 is 5.32 Å². The molecule has 0 amide bonds. The van der Waals surface area contributed by atoms with Crippen LogP contribution in [0.4, 0.5) is 4.39 Å². The summed E-state index contributed by atoms with van der Waals surface area (Å²) < 4.78 is 12.9. The van der Waals surface area contributed by atoms with Crippen LogP contribution in [0.15, 0.2) is 18.2 Å². The van der Waals surface area contributed by atoms with E-state index in [9.17, 15) is 4.39 Å². The first-order valence-corrected chi connectivity index (χ1v) is 4.11. The van der Waals surface area contributed by atoms with Crippen LogP contribution in [0.5, 0.6) is 0 Å². The van der Waals surface area contributed by atoms with E-state index >= 15 is 0 Å². The second-order valence-electron chi connectivity index (χ2n) is 2.78. The molecule has 1 aromatic rings. The number of benzene rings is 1. The molecule has 1 rings (SSSR count). The van der Waals surface area contributed by atoms with E-state index < -0.39 is 5.82 Å². The first kappa shape index (κ1) is 9.69. The van der Waals surface area contributed by atoms with Crippen molar-refractivity contribution in [1.29, 1.82) is 5.26 Å². The van der Waals surface area contributed by atoms with Crippen molar-refractivity contribution in [1.82, 2.24) is 5.32 Å². The normalized spacial score (nSPS) is 9.62. The van der Waals surface area contributed by atoms with Crippen molar-refractivity contribution in [3.63, 3.8) is 0 Å². The van der Waals surface area contributed by atoms with Crippen LogP contribution in [0.25, 0.3) is 0 Å². The number of nitrogens with one attached hydrogen (secondary N) is 1. The molecule has 0 fully saturated rings. The van der Waals surface area contributed by atoms with Crippen molar-refractivity contribution in [2.24, 2.45) is 0 Å². The quantitative estimate of drug-likeness (QED) is 0.760. The SMILES string of the molecule is CNCCc1ccc(F)c(C#N)c1. The van der Waals surface area contributed by atoms with Gasteiger partial charge in [0.15, 0.2) is 0 Å². The lowest BCUT2D eigenvalue weighted by molar-refractivity contribution is 0.622. The molecular weight excluding hydrogens is 167 g/mol. The highest BCUT2D eigenvalue weighted by Gasteiger charge is 2.01. The second kappa shape index (κ2) is 4.58. The highest BCUT2D eigenvalue weighted by Crippen LogP contribution is 2.09. The maximum Gasteiger partial charge on any atom is 0.140 e. The molecule has 0 heterocycles. The molecule has 0 saturated heterocycles. The first-order chi connectivity index (χ1) is 6.27. The van der Waals surface area contributed by atoms with Gasteiger partial charge in [-0.2, -0.15) is 5.26 Å². The molecule has 13 heavy (non-hydrogen) atoms. The molecule has 3 heteroatoms. The van der Waals surface area contributed by atoms with Gasteiger partial charge in [-0.05, 0) is 37.7 Å². The van der Waals surface area contributed by atoms with Gasteiger partial charge >= 0.3 is 0 Å². The van der Waals surface area contributed by atoms with Gasteiger partial charge in [-0.15, -0.1) is 0 Å². The summed E-state index contributed by atoms with van der Waals surface area (Å²) >= 11 is 0. The van der Waals surface area contributed by atoms with Crippen LogP contribution in [0.2, 0.25) is 0 Å². The molecule has 1 N–H and O–H groups in total. The van der Waals surface area contributed by atoms with Gasteiger partial charge in [0.1, 0.15) is 11.9 Å². The molecule has 2 nitrogen and oxygen atoms in total. The Morgan fingerprint density at radius 2 is 2.31 bits per heavy atom. The summed E-state index contributed by atoms with van der Waals surface area (Å²) in [6.45, 7) is 0.830. The maximum atomic E-state index is 12.9. The Hall–Kier alpha value is -1.40. The smallest absolute Gasteiger partial charge is 0.140 e. The van der Waals surface area contributed by atoms with E-state index in [1.165, 1.54) is 6.07 Å². The molecule has 0 radical (unpaired) electrons. The third kappa shape index (κ3) is 2.53. The minimum atomic E-state index is -0.448. The Labute approximate surface area is 77.0 Å². The zero-order valence-electron chi connectivity index (χ0n) is 7.47. The highest BCUT2D eigenvalue weighted by atomic mass is 19.1. The molecular formula is C10H11FN2. The summed E-state index contributed by atoms with van der Waals surface area (Å²) in [4.78, 5) is 0. The molecule has 68 valence electrons. The Morgan fingerprint density at radius 3 is 2.92 bits per heavy atom. The van der Waals surface area contributed by atoms with Gasteiger partial charge in [0.2, 0.25) is 0 Å². The zero-order valence-corrected chi connectivity index (χ0v) is 7.47. The van der Waals surface area contributed by atoms with Crippen LogP contribution in [0.1, 0.15) is 11.1 Å². The molecule has 0 aliphatic carbocycles. The lowest BCUT2D eigenvalue weighted by Gasteiger charge is -2.01. The van der Waals surface area contributed by atoms with Gasteiger partial charge in [0, 0.05) is 0 Å². The second-order valence-corrected chi connectivity index (χ2v) is 2.78. The van der Waals surface area contributed by atoms with Crippen molar-refractivity contribution in [3.05, 3.63) is 35.1 Å². The largest absolute Gasteiger partial charge is 0.319 e. The predicted octanol–water partition coefficient (Wildman–Crippen LogP) is 1.46. The fourth-order valence-electron chi connectivity index (χ4n) is 1.08. The lowest BCUT2D eigenvalue weighted by Crippen LogP contribution is -2.10.